The van der Waals surface area contributed by atoms with Crippen LogP contribution < -0.4 is 15.4 Å². The molecule has 0 amide bonds. The smallest absolute Gasteiger partial charge is 0.191 e. The third-order valence-electron chi connectivity index (χ3n) is 5.90. The first-order valence-electron chi connectivity index (χ1n) is 10.6. The van der Waals surface area contributed by atoms with Gasteiger partial charge >= 0.3 is 0 Å². The maximum Gasteiger partial charge on any atom is 0.191 e. The Morgan fingerprint density at radius 1 is 1.23 bits per heavy atom. The van der Waals surface area contributed by atoms with Crippen molar-refractivity contribution in [2.75, 3.05) is 40.5 Å². The Balaban J connectivity index is 1.67. The van der Waals surface area contributed by atoms with Gasteiger partial charge in [-0.2, -0.15) is 0 Å². The van der Waals surface area contributed by atoms with Gasteiger partial charge in [0.1, 0.15) is 5.75 Å². The van der Waals surface area contributed by atoms with Gasteiger partial charge < -0.3 is 20.1 Å². The summed E-state index contributed by atoms with van der Waals surface area (Å²) in [5, 5.41) is 8.17. The van der Waals surface area contributed by atoms with Crippen molar-refractivity contribution >= 4 is 17.3 Å². The molecule has 0 saturated carbocycles. The van der Waals surface area contributed by atoms with Crippen molar-refractivity contribution in [3.05, 3.63) is 44.9 Å². The maximum absolute atomic E-state index is 5.72. The number of benzene rings is 1. The molecular formula is C23H34N4O2S. The Hall–Kier alpha value is -2.12. The summed E-state index contributed by atoms with van der Waals surface area (Å²) >= 11 is 1.77. The van der Waals surface area contributed by atoms with E-state index in [1.165, 1.54) is 21.0 Å². The summed E-state index contributed by atoms with van der Waals surface area (Å²) in [6.45, 7) is 9.42. The first-order chi connectivity index (χ1) is 14.5. The Kier molecular flexibility index (Phi) is 7.72. The lowest BCUT2D eigenvalue weighted by atomic mass is 9.73. The van der Waals surface area contributed by atoms with Crippen molar-refractivity contribution in [2.24, 2.45) is 4.99 Å². The Labute approximate surface area is 184 Å². The summed E-state index contributed by atoms with van der Waals surface area (Å²) in [7, 11) is 3.56. The fourth-order valence-electron chi connectivity index (χ4n) is 3.95. The van der Waals surface area contributed by atoms with Gasteiger partial charge in [-0.05, 0) is 39.7 Å². The third-order valence-corrected chi connectivity index (χ3v) is 7.03. The van der Waals surface area contributed by atoms with Crippen molar-refractivity contribution in [2.45, 2.75) is 45.4 Å². The number of methoxy groups -OCH3 is 1. The quantitative estimate of drug-likeness (QED) is 0.520. The lowest BCUT2D eigenvalue weighted by molar-refractivity contribution is 0.0505. The number of thiazole rings is 1. The molecular weight excluding hydrogens is 396 g/mol. The van der Waals surface area contributed by atoms with E-state index in [1.807, 2.05) is 7.05 Å². The largest absolute Gasteiger partial charge is 0.496 e. The zero-order chi connectivity index (χ0) is 21.6. The van der Waals surface area contributed by atoms with E-state index in [0.29, 0.717) is 0 Å². The molecule has 30 heavy (non-hydrogen) atoms. The van der Waals surface area contributed by atoms with Crippen LogP contribution in [0.25, 0.3) is 0 Å². The number of nitrogens with zero attached hydrogens (tertiary/aromatic N) is 2. The molecule has 164 valence electrons. The first kappa shape index (κ1) is 22.6. The number of aromatic nitrogens is 1. The van der Waals surface area contributed by atoms with E-state index in [2.05, 4.69) is 59.6 Å². The molecule has 6 nitrogen and oxygen atoms in total. The van der Waals surface area contributed by atoms with Crippen molar-refractivity contribution in [1.82, 2.24) is 15.6 Å². The number of ether oxygens (including phenoxy) is 2. The molecule has 0 aliphatic carbocycles. The highest BCUT2D eigenvalue weighted by molar-refractivity contribution is 7.11. The molecule has 0 atom stereocenters. The summed E-state index contributed by atoms with van der Waals surface area (Å²) in [6.07, 6.45) is 2.80. The van der Waals surface area contributed by atoms with Crippen LogP contribution in [0.5, 0.6) is 5.75 Å². The SMILES string of the molecule is CN=C(NCCc1nc(C)c(C)s1)NCC1(c2cc(C)ccc2OC)CCOCC1. The molecule has 1 aliphatic rings. The molecule has 1 aromatic heterocycles. The zero-order valence-electron chi connectivity index (χ0n) is 18.8. The summed E-state index contributed by atoms with van der Waals surface area (Å²) in [4.78, 5) is 10.3. The Morgan fingerprint density at radius 3 is 2.63 bits per heavy atom. The number of hydrogen-bond donors (Lipinski definition) is 2. The van der Waals surface area contributed by atoms with Gasteiger partial charge in [0.05, 0.1) is 17.8 Å². The van der Waals surface area contributed by atoms with Crippen LogP contribution in [-0.4, -0.2) is 51.4 Å². The normalized spacial score (nSPS) is 16.4. The second kappa shape index (κ2) is 10.3. The molecule has 0 spiro atoms. The highest BCUT2D eigenvalue weighted by Crippen LogP contribution is 2.40. The van der Waals surface area contributed by atoms with E-state index in [-0.39, 0.29) is 5.41 Å². The van der Waals surface area contributed by atoms with Crippen molar-refractivity contribution < 1.29 is 9.47 Å². The predicted octanol–water partition coefficient (Wildman–Crippen LogP) is 3.53. The van der Waals surface area contributed by atoms with Gasteiger partial charge in [0.2, 0.25) is 0 Å². The molecule has 0 unspecified atom stereocenters. The van der Waals surface area contributed by atoms with Crippen molar-refractivity contribution in [3.8, 4) is 5.75 Å². The third kappa shape index (κ3) is 5.32. The van der Waals surface area contributed by atoms with Gasteiger partial charge in [-0.25, -0.2) is 4.98 Å². The standard InChI is InChI=1S/C23H34N4O2S/c1-16-6-7-20(28-5)19(14-16)23(9-12-29-13-10-23)15-26-22(24-4)25-11-8-21-27-17(2)18(3)30-21/h6-7,14H,8-13,15H2,1-5H3,(H2,24,25,26). The van der Waals surface area contributed by atoms with E-state index < -0.39 is 0 Å². The molecule has 1 saturated heterocycles. The molecule has 1 fully saturated rings. The van der Waals surface area contributed by atoms with Crippen LogP contribution in [0.4, 0.5) is 0 Å². The van der Waals surface area contributed by atoms with Crippen LogP contribution in [0.2, 0.25) is 0 Å². The van der Waals surface area contributed by atoms with Crippen LogP contribution in [0.15, 0.2) is 23.2 Å². The molecule has 7 heteroatoms. The second-order valence-corrected chi connectivity index (χ2v) is 9.24. The molecule has 3 rings (SSSR count). The molecule has 0 bridgehead atoms. The van der Waals surface area contributed by atoms with Crippen molar-refractivity contribution in [3.63, 3.8) is 0 Å². The average molecular weight is 431 g/mol. The minimum Gasteiger partial charge on any atom is -0.496 e. The number of hydrogen-bond acceptors (Lipinski definition) is 5. The number of aliphatic imine (C=N–C) groups is 1. The lowest BCUT2D eigenvalue weighted by Gasteiger charge is -2.39. The van der Waals surface area contributed by atoms with Crippen LogP contribution in [0, 0.1) is 20.8 Å². The first-order valence-corrected chi connectivity index (χ1v) is 11.4. The molecule has 1 aromatic carbocycles. The summed E-state index contributed by atoms with van der Waals surface area (Å²) < 4.78 is 11.4. The topological polar surface area (TPSA) is 67.8 Å². The van der Waals surface area contributed by atoms with E-state index >= 15 is 0 Å². The molecule has 2 N–H and O–H groups in total. The minimum absolute atomic E-state index is 0.0449. The maximum atomic E-state index is 5.72. The Morgan fingerprint density at radius 2 is 2.00 bits per heavy atom. The average Bonchev–Trinajstić information content (AvgIpc) is 3.08. The minimum atomic E-state index is -0.0449. The van der Waals surface area contributed by atoms with Crippen LogP contribution in [0.3, 0.4) is 0 Å². The number of aryl methyl sites for hydroxylation is 3. The number of guanidine groups is 1. The number of rotatable bonds is 7. The van der Waals surface area contributed by atoms with Gasteiger partial charge in [-0.3, -0.25) is 4.99 Å². The molecule has 1 aliphatic heterocycles. The fraction of sp³-hybridized carbons (Fsp3) is 0.565. The summed E-state index contributed by atoms with van der Waals surface area (Å²) in [6, 6.07) is 6.44. The van der Waals surface area contributed by atoms with Gasteiger partial charge in [0.25, 0.3) is 0 Å². The monoisotopic (exact) mass is 430 g/mol. The molecule has 2 aromatic rings. The second-order valence-electron chi connectivity index (χ2n) is 7.95. The Bertz CT molecular complexity index is 853. The lowest BCUT2D eigenvalue weighted by Crippen LogP contribution is -2.48. The van der Waals surface area contributed by atoms with Gasteiger partial charge in [-0.15, -0.1) is 11.3 Å². The predicted molar refractivity (Wildman–Crippen MR) is 124 cm³/mol. The van der Waals surface area contributed by atoms with Crippen LogP contribution in [-0.2, 0) is 16.6 Å². The van der Waals surface area contributed by atoms with Crippen LogP contribution in [0.1, 0.15) is 39.5 Å². The fourth-order valence-corrected chi connectivity index (χ4v) is 4.88. The summed E-state index contributed by atoms with van der Waals surface area (Å²) in [5.74, 6) is 1.76. The van der Waals surface area contributed by atoms with Crippen LogP contribution >= 0.6 is 11.3 Å². The van der Waals surface area contributed by atoms with Crippen molar-refractivity contribution in [1.29, 1.82) is 0 Å². The highest BCUT2D eigenvalue weighted by Gasteiger charge is 2.37. The highest BCUT2D eigenvalue weighted by atomic mass is 32.1. The van der Waals surface area contributed by atoms with Gasteiger partial charge in [0, 0.05) is 55.6 Å². The van der Waals surface area contributed by atoms with E-state index in [4.69, 9.17) is 9.47 Å². The van der Waals surface area contributed by atoms with E-state index in [1.54, 1.807) is 18.4 Å². The van der Waals surface area contributed by atoms with E-state index in [9.17, 15) is 0 Å². The zero-order valence-corrected chi connectivity index (χ0v) is 19.6. The molecule has 2 heterocycles. The number of nitrogens with one attached hydrogen (secondary N) is 2. The summed E-state index contributed by atoms with van der Waals surface area (Å²) in [5.41, 5.74) is 3.58. The van der Waals surface area contributed by atoms with E-state index in [0.717, 1.165) is 63.0 Å². The van der Waals surface area contributed by atoms with Gasteiger partial charge in [0.15, 0.2) is 5.96 Å². The van der Waals surface area contributed by atoms with Gasteiger partial charge in [-0.1, -0.05) is 17.7 Å². The molecule has 0 radical (unpaired) electrons.